The molecule has 2 fully saturated rings. The number of aromatic nitrogens is 3. The molecule has 0 saturated carbocycles. The van der Waals surface area contributed by atoms with Crippen LogP contribution in [0.5, 0.6) is 0 Å². The lowest BCUT2D eigenvalue weighted by Gasteiger charge is -2.35. The second kappa shape index (κ2) is 11.1. The molecule has 3 aromatic rings. The van der Waals surface area contributed by atoms with Gasteiger partial charge >= 0.3 is 12.2 Å². The van der Waals surface area contributed by atoms with Crippen LogP contribution in [0, 0.1) is 0 Å². The average Bonchev–Trinajstić information content (AvgIpc) is 2.93. The van der Waals surface area contributed by atoms with Crippen molar-refractivity contribution >= 4 is 23.4 Å². The third kappa shape index (κ3) is 5.83. The van der Waals surface area contributed by atoms with Gasteiger partial charge in [-0.15, -0.1) is 0 Å². The van der Waals surface area contributed by atoms with Crippen LogP contribution in [0.2, 0.25) is 5.02 Å². The number of ether oxygens (including phenoxy) is 1. The zero-order valence-corrected chi connectivity index (χ0v) is 21.2. The Kier molecular flexibility index (Phi) is 7.66. The highest BCUT2D eigenvalue weighted by atomic mass is 35.5. The molecule has 12 heteroatoms. The highest BCUT2D eigenvalue weighted by molar-refractivity contribution is 6.33. The number of benzene rings is 1. The number of nitrogens with zero attached hydrogens (tertiary/aromatic N) is 5. The smallest absolute Gasteiger partial charge is 0.378 e. The molecule has 1 aromatic carbocycles. The summed E-state index contributed by atoms with van der Waals surface area (Å²) >= 11 is 6.43. The van der Waals surface area contributed by atoms with Gasteiger partial charge in [-0.05, 0) is 31.0 Å². The first-order chi connectivity index (χ1) is 18.3. The number of carbonyl (C=O) groups excluding carboxylic acids is 1. The lowest BCUT2D eigenvalue weighted by Crippen LogP contribution is -2.52. The summed E-state index contributed by atoms with van der Waals surface area (Å²) in [5.74, 6) is 0.626. The maximum absolute atomic E-state index is 13.1. The van der Waals surface area contributed by atoms with E-state index in [0.717, 1.165) is 25.0 Å². The van der Waals surface area contributed by atoms with Gasteiger partial charge in [-0.25, -0.2) is 9.78 Å². The number of morpholine rings is 1. The van der Waals surface area contributed by atoms with Gasteiger partial charge in [0.25, 0.3) is 0 Å². The number of alkyl halides is 3. The van der Waals surface area contributed by atoms with Gasteiger partial charge in [-0.1, -0.05) is 23.7 Å². The van der Waals surface area contributed by atoms with Crippen molar-refractivity contribution in [3.05, 3.63) is 59.5 Å². The van der Waals surface area contributed by atoms with Crippen molar-refractivity contribution in [2.75, 3.05) is 44.3 Å². The molecular weight excluding hydrogens is 521 g/mol. The van der Waals surface area contributed by atoms with E-state index in [-0.39, 0.29) is 12.1 Å². The van der Waals surface area contributed by atoms with Gasteiger partial charge in [0.1, 0.15) is 11.5 Å². The van der Waals surface area contributed by atoms with Crippen LogP contribution in [0.4, 0.5) is 23.8 Å². The van der Waals surface area contributed by atoms with E-state index >= 15 is 0 Å². The Hall–Kier alpha value is -3.44. The summed E-state index contributed by atoms with van der Waals surface area (Å²) in [6.07, 6.45) is 1.74. The van der Waals surface area contributed by atoms with Crippen molar-refractivity contribution in [3.8, 4) is 22.5 Å². The molecule has 0 aliphatic carbocycles. The second-order valence-corrected chi connectivity index (χ2v) is 9.57. The molecule has 38 heavy (non-hydrogen) atoms. The Bertz CT molecular complexity index is 1280. The van der Waals surface area contributed by atoms with Crippen LogP contribution in [0.1, 0.15) is 18.4 Å². The van der Waals surface area contributed by atoms with E-state index in [2.05, 4.69) is 20.2 Å². The van der Waals surface area contributed by atoms with Gasteiger partial charge in [0.2, 0.25) is 0 Å². The molecule has 4 heterocycles. The van der Waals surface area contributed by atoms with Gasteiger partial charge in [0.15, 0.2) is 0 Å². The molecule has 2 aliphatic rings. The molecule has 8 nitrogen and oxygen atoms in total. The summed E-state index contributed by atoms with van der Waals surface area (Å²) < 4.78 is 44.6. The maximum atomic E-state index is 13.1. The summed E-state index contributed by atoms with van der Waals surface area (Å²) in [6.45, 7) is 3.60. The van der Waals surface area contributed by atoms with Crippen LogP contribution < -0.4 is 10.2 Å². The van der Waals surface area contributed by atoms with Crippen molar-refractivity contribution in [1.29, 1.82) is 0 Å². The van der Waals surface area contributed by atoms with E-state index in [4.69, 9.17) is 21.3 Å². The first kappa shape index (κ1) is 26.2. The number of hydrogen-bond acceptors (Lipinski definition) is 6. The van der Waals surface area contributed by atoms with Crippen LogP contribution in [0.3, 0.4) is 0 Å². The van der Waals surface area contributed by atoms with Crippen molar-refractivity contribution in [3.63, 3.8) is 0 Å². The fourth-order valence-electron chi connectivity index (χ4n) is 4.60. The number of carbonyl (C=O) groups is 1. The Morgan fingerprint density at radius 3 is 2.37 bits per heavy atom. The Morgan fingerprint density at radius 2 is 1.71 bits per heavy atom. The molecule has 2 amide bonds. The zero-order valence-electron chi connectivity index (χ0n) is 20.4. The lowest BCUT2D eigenvalue weighted by atomic mass is 10.0. The Balaban J connectivity index is 1.36. The fraction of sp³-hybridized carbons (Fsp3) is 0.385. The highest BCUT2D eigenvalue weighted by Gasteiger charge is 2.30. The summed E-state index contributed by atoms with van der Waals surface area (Å²) in [5.41, 5.74) is 1.21. The number of pyridine rings is 1. The number of piperidine rings is 1. The van der Waals surface area contributed by atoms with Crippen LogP contribution in [-0.4, -0.2) is 71.3 Å². The molecule has 2 aromatic heterocycles. The third-order valence-electron chi connectivity index (χ3n) is 6.72. The monoisotopic (exact) mass is 546 g/mol. The van der Waals surface area contributed by atoms with Gasteiger partial charge in [0.05, 0.1) is 35.7 Å². The maximum Gasteiger partial charge on any atom is 0.416 e. The minimum Gasteiger partial charge on any atom is -0.378 e. The zero-order chi connectivity index (χ0) is 26.7. The lowest BCUT2D eigenvalue weighted by molar-refractivity contribution is -0.137. The minimum absolute atomic E-state index is 0.0510. The standard InChI is InChI=1S/C26H26ClF3N6O2/c27-21-15-31-8-5-20(21)24-23(17-1-3-18(4-2-17)26(28,29)30)32-16-22(34-24)35-9-6-19(7-10-35)33-25(37)36-11-13-38-14-12-36/h1-5,8,15-16,19H,6-7,9-14H2,(H,33,37). The van der Waals surface area contributed by atoms with E-state index in [1.807, 2.05) is 0 Å². The highest BCUT2D eigenvalue weighted by Crippen LogP contribution is 2.36. The molecule has 0 bridgehead atoms. The van der Waals surface area contributed by atoms with Crippen LogP contribution >= 0.6 is 11.6 Å². The molecule has 0 radical (unpaired) electrons. The molecule has 2 saturated heterocycles. The van der Waals surface area contributed by atoms with Crippen molar-refractivity contribution in [2.24, 2.45) is 0 Å². The van der Waals surface area contributed by atoms with E-state index in [1.165, 1.54) is 18.3 Å². The number of rotatable bonds is 4. The fourth-order valence-corrected chi connectivity index (χ4v) is 4.81. The minimum atomic E-state index is -4.43. The quantitative estimate of drug-likeness (QED) is 0.502. The second-order valence-electron chi connectivity index (χ2n) is 9.17. The van der Waals surface area contributed by atoms with E-state index in [0.29, 0.717) is 72.7 Å². The van der Waals surface area contributed by atoms with Crippen molar-refractivity contribution < 1.29 is 22.7 Å². The summed E-state index contributed by atoms with van der Waals surface area (Å²) in [7, 11) is 0. The molecule has 2 aliphatic heterocycles. The largest absolute Gasteiger partial charge is 0.416 e. The van der Waals surface area contributed by atoms with Crippen LogP contribution in [-0.2, 0) is 10.9 Å². The first-order valence-electron chi connectivity index (χ1n) is 12.3. The molecular formula is C26H26ClF3N6O2. The number of amides is 2. The number of hydrogen-bond donors (Lipinski definition) is 1. The van der Waals surface area contributed by atoms with Gasteiger partial charge in [0, 0.05) is 55.7 Å². The van der Waals surface area contributed by atoms with Crippen LogP contribution in [0.25, 0.3) is 22.5 Å². The SMILES string of the molecule is O=C(NC1CCN(c2cnc(-c3ccc(C(F)(F)F)cc3)c(-c3ccncc3Cl)n2)CC1)N1CCOCC1. The number of nitrogens with one attached hydrogen (secondary N) is 1. The Labute approximate surface area is 222 Å². The molecule has 200 valence electrons. The van der Waals surface area contributed by atoms with E-state index in [9.17, 15) is 18.0 Å². The van der Waals surface area contributed by atoms with Crippen LogP contribution in [0.15, 0.2) is 48.9 Å². The summed E-state index contributed by atoms with van der Waals surface area (Å²) in [6, 6.07) is 6.51. The van der Waals surface area contributed by atoms with Crippen molar-refractivity contribution in [1.82, 2.24) is 25.2 Å². The van der Waals surface area contributed by atoms with E-state index < -0.39 is 11.7 Å². The molecule has 1 N–H and O–H groups in total. The molecule has 5 rings (SSSR count). The summed E-state index contributed by atoms with van der Waals surface area (Å²) in [5, 5.41) is 3.47. The Morgan fingerprint density at radius 1 is 1.00 bits per heavy atom. The third-order valence-corrected chi connectivity index (χ3v) is 7.02. The predicted molar refractivity (Wildman–Crippen MR) is 137 cm³/mol. The normalized spacial score (nSPS) is 16.9. The summed E-state index contributed by atoms with van der Waals surface area (Å²) in [4.78, 5) is 29.9. The number of anilines is 1. The van der Waals surface area contributed by atoms with Gasteiger partial charge in [-0.2, -0.15) is 13.2 Å². The first-order valence-corrected chi connectivity index (χ1v) is 12.7. The van der Waals surface area contributed by atoms with Gasteiger partial charge in [-0.3, -0.25) is 9.97 Å². The molecule has 0 unspecified atom stereocenters. The predicted octanol–water partition coefficient (Wildman–Crippen LogP) is 4.89. The number of halogens is 4. The van der Waals surface area contributed by atoms with Crippen molar-refractivity contribution in [2.45, 2.75) is 25.1 Å². The number of urea groups is 1. The molecule has 0 spiro atoms. The average molecular weight is 547 g/mol. The molecule has 0 atom stereocenters. The van der Waals surface area contributed by atoms with Gasteiger partial charge < -0.3 is 19.9 Å². The topological polar surface area (TPSA) is 83.5 Å². The van der Waals surface area contributed by atoms with E-state index in [1.54, 1.807) is 23.4 Å².